The van der Waals surface area contributed by atoms with Crippen LogP contribution in [0.25, 0.3) is 0 Å². The molecule has 5 rings (SSSR count). The molecular weight excluding hydrogens is 551 g/mol. The van der Waals surface area contributed by atoms with E-state index < -0.39 is 5.82 Å². The molecule has 1 unspecified atom stereocenters. The van der Waals surface area contributed by atoms with Gasteiger partial charge in [-0.2, -0.15) is 0 Å². The molecule has 3 aromatic rings. The molecule has 1 aromatic heterocycles. The van der Waals surface area contributed by atoms with Crippen LogP contribution in [0.5, 0.6) is 11.5 Å². The van der Waals surface area contributed by atoms with E-state index in [1.165, 1.54) is 23.8 Å². The number of hydrogen-bond acceptors (Lipinski definition) is 5. The van der Waals surface area contributed by atoms with E-state index in [4.69, 9.17) is 15.1 Å². The molecule has 2 heterocycles. The molecular formula is C33H34F2N5OP. The van der Waals surface area contributed by atoms with Crippen LogP contribution in [-0.2, 0) is 0 Å². The molecule has 2 fully saturated rings. The molecule has 1 atom stereocenters. The quantitative estimate of drug-likeness (QED) is 0.155. The highest BCUT2D eigenvalue weighted by molar-refractivity contribution is 7.27. The Kier molecular flexibility index (Phi) is 9.23. The number of likely N-dealkylation sites (tertiary alicyclic amines) is 1. The highest BCUT2D eigenvalue weighted by atomic mass is 31.0. The van der Waals surface area contributed by atoms with Gasteiger partial charge in [-0.3, -0.25) is 10.4 Å². The van der Waals surface area contributed by atoms with Crippen molar-refractivity contribution in [2.45, 2.75) is 39.0 Å². The van der Waals surface area contributed by atoms with Crippen LogP contribution in [0.15, 0.2) is 95.4 Å². The number of hydrogen-bond donors (Lipinski definition) is 2. The minimum absolute atomic E-state index is 0.0546. The zero-order valence-corrected chi connectivity index (χ0v) is 24.7. The molecule has 1 aliphatic carbocycles. The lowest BCUT2D eigenvalue weighted by Crippen LogP contribution is -2.37. The molecule has 42 heavy (non-hydrogen) atoms. The average Bonchev–Trinajstić information content (AvgIpc) is 3.85. The van der Waals surface area contributed by atoms with Crippen molar-refractivity contribution >= 4 is 31.9 Å². The number of rotatable bonds is 9. The molecule has 0 amide bonds. The topological polar surface area (TPSA) is 73.6 Å². The maximum absolute atomic E-state index is 15.4. The number of aliphatic imine (C=N–C) groups is 1. The normalized spacial score (nSPS) is 15.3. The Bertz CT molecular complexity index is 1580. The number of nitrogens with zero attached hydrogens (tertiary/aromatic N) is 3. The first-order valence-corrected chi connectivity index (χ1v) is 14.6. The van der Waals surface area contributed by atoms with E-state index in [-0.39, 0.29) is 11.6 Å². The molecule has 2 aromatic carbocycles. The third-order valence-electron chi connectivity index (χ3n) is 7.23. The lowest BCUT2D eigenvalue weighted by molar-refractivity contribution is 0.340. The summed E-state index contributed by atoms with van der Waals surface area (Å²) in [6.45, 7) is 7.38. The fraction of sp³-hybridized carbons (Fsp3) is 0.242. The predicted molar refractivity (Wildman–Crippen MR) is 169 cm³/mol. The van der Waals surface area contributed by atoms with Crippen LogP contribution in [0.3, 0.4) is 0 Å². The van der Waals surface area contributed by atoms with Crippen molar-refractivity contribution in [3.63, 3.8) is 0 Å². The second-order valence-corrected chi connectivity index (χ2v) is 10.7. The van der Waals surface area contributed by atoms with Crippen LogP contribution in [-0.4, -0.2) is 34.5 Å². The van der Waals surface area contributed by atoms with Crippen molar-refractivity contribution in [1.29, 1.82) is 5.41 Å². The van der Waals surface area contributed by atoms with E-state index in [1.807, 2.05) is 17.9 Å². The molecule has 0 spiro atoms. The van der Waals surface area contributed by atoms with Gasteiger partial charge in [0.05, 0.1) is 28.1 Å². The number of nitrogens with one attached hydrogen (secondary N) is 2. The van der Waals surface area contributed by atoms with Crippen molar-refractivity contribution < 1.29 is 13.5 Å². The standard InChI is InChI=1S/C33H34F2N5OP/c1-3-26(21-10-12-23(34)13-11-21)39-27(4-2)31(22-8-9-22)38-24-14-15-28(25(35)20-24)41-29-16-17-37-33(42)30(29)32(36)40-18-6-5-7-19-40/h3-4,10-17,20,36,38H,1,5-9,18-19,42H2,2H3/b27-4-,36-32?,39-26?. The second-order valence-electron chi connectivity index (χ2n) is 10.2. The van der Waals surface area contributed by atoms with Crippen molar-refractivity contribution in [2.24, 2.45) is 4.99 Å². The Labute approximate surface area is 247 Å². The number of allylic oxidation sites excluding steroid dienone is 3. The summed E-state index contributed by atoms with van der Waals surface area (Å²) in [4.78, 5) is 11.2. The number of amidine groups is 1. The van der Waals surface area contributed by atoms with Gasteiger partial charge >= 0.3 is 0 Å². The minimum Gasteiger partial charge on any atom is -0.453 e. The van der Waals surface area contributed by atoms with Gasteiger partial charge in [-0.1, -0.05) is 21.9 Å². The summed E-state index contributed by atoms with van der Waals surface area (Å²) >= 11 is 0. The summed E-state index contributed by atoms with van der Waals surface area (Å²) < 4.78 is 34.9. The smallest absolute Gasteiger partial charge is 0.167 e. The third kappa shape index (κ3) is 6.82. The van der Waals surface area contributed by atoms with Crippen LogP contribution in [0.2, 0.25) is 0 Å². The minimum atomic E-state index is -0.540. The molecule has 0 radical (unpaired) electrons. The summed E-state index contributed by atoms with van der Waals surface area (Å²) in [5.41, 5.74) is 5.71. The maximum Gasteiger partial charge on any atom is 0.167 e. The summed E-state index contributed by atoms with van der Waals surface area (Å²) in [6, 6.07) is 12.5. The van der Waals surface area contributed by atoms with Gasteiger partial charge in [0.1, 0.15) is 17.4 Å². The van der Waals surface area contributed by atoms with Gasteiger partial charge in [-0.25, -0.2) is 13.8 Å². The Morgan fingerprint density at radius 2 is 1.81 bits per heavy atom. The summed E-state index contributed by atoms with van der Waals surface area (Å²) in [7, 11) is 2.56. The summed E-state index contributed by atoms with van der Waals surface area (Å²) in [5.74, 6) is -0.0875. The zero-order valence-electron chi connectivity index (χ0n) is 23.6. The van der Waals surface area contributed by atoms with Crippen LogP contribution < -0.4 is 15.5 Å². The highest BCUT2D eigenvalue weighted by Crippen LogP contribution is 2.37. The number of pyridine rings is 1. The van der Waals surface area contributed by atoms with Gasteiger partial charge in [0, 0.05) is 36.6 Å². The number of aromatic nitrogens is 1. The van der Waals surface area contributed by atoms with Gasteiger partial charge in [-0.05, 0) is 93.1 Å². The zero-order chi connectivity index (χ0) is 29.6. The molecule has 2 aliphatic rings. The fourth-order valence-electron chi connectivity index (χ4n) is 4.87. The number of ether oxygens (including phenoxy) is 1. The van der Waals surface area contributed by atoms with Gasteiger partial charge in [0.15, 0.2) is 11.6 Å². The van der Waals surface area contributed by atoms with Gasteiger partial charge in [-0.15, -0.1) is 0 Å². The Morgan fingerprint density at radius 3 is 2.45 bits per heavy atom. The van der Waals surface area contributed by atoms with Crippen molar-refractivity contribution in [1.82, 2.24) is 9.88 Å². The molecule has 2 N–H and O–H groups in total. The molecule has 1 saturated carbocycles. The number of benzene rings is 2. The second kappa shape index (κ2) is 13.2. The molecule has 1 aliphatic heterocycles. The van der Waals surface area contributed by atoms with E-state index in [9.17, 15) is 4.39 Å². The van der Waals surface area contributed by atoms with E-state index in [0.717, 1.165) is 56.5 Å². The number of piperidine rings is 1. The first-order chi connectivity index (χ1) is 20.4. The molecule has 9 heteroatoms. The monoisotopic (exact) mass is 585 g/mol. The Morgan fingerprint density at radius 1 is 1.07 bits per heavy atom. The van der Waals surface area contributed by atoms with Crippen molar-refractivity contribution in [3.8, 4) is 11.5 Å². The van der Waals surface area contributed by atoms with Crippen molar-refractivity contribution in [2.75, 3.05) is 18.4 Å². The third-order valence-corrected chi connectivity index (χ3v) is 7.67. The maximum atomic E-state index is 15.4. The van der Waals surface area contributed by atoms with E-state index in [1.54, 1.807) is 42.6 Å². The van der Waals surface area contributed by atoms with Gasteiger partial charge < -0.3 is 15.0 Å². The van der Waals surface area contributed by atoms with E-state index in [2.05, 4.69) is 26.1 Å². The SMILES string of the molecule is C=CC(=N/C(=C\C)C(Nc1ccc(Oc2ccnc(P)c2C(=N)N2CCCCC2)c(F)c1)=C1CC1)c1ccc(F)cc1. The lowest BCUT2D eigenvalue weighted by atomic mass is 10.1. The van der Waals surface area contributed by atoms with Gasteiger partial charge in [0.2, 0.25) is 0 Å². The Balaban J connectivity index is 1.37. The van der Waals surface area contributed by atoms with Gasteiger partial charge in [0.25, 0.3) is 0 Å². The Hall–Kier alpha value is -4.16. The van der Waals surface area contributed by atoms with Crippen LogP contribution in [0.4, 0.5) is 14.5 Å². The van der Waals surface area contributed by atoms with Crippen LogP contribution in [0, 0.1) is 17.0 Å². The largest absolute Gasteiger partial charge is 0.453 e. The van der Waals surface area contributed by atoms with E-state index >= 15 is 4.39 Å². The van der Waals surface area contributed by atoms with E-state index in [0.29, 0.717) is 39.7 Å². The molecule has 0 bridgehead atoms. The van der Waals surface area contributed by atoms with Crippen LogP contribution in [0.1, 0.15) is 50.2 Å². The predicted octanol–water partition coefficient (Wildman–Crippen LogP) is 7.50. The summed E-state index contributed by atoms with van der Waals surface area (Å²) in [5, 5.41) is 12.2. The molecule has 216 valence electrons. The highest BCUT2D eigenvalue weighted by Gasteiger charge is 2.23. The number of anilines is 1. The molecule has 6 nitrogen and oxygen atoms in total. The first kappa shape index (κ1) is 29.3. The summed E-state index contributed by atoms with van der Waals surface area (Å²) in [6.07, 6.45) is 10.2. The fourth-order valence-corrected chi connectivity index (χ4v) is 5.24. The number of halogens is 2. The average molecular weight is 586 g/mol. The first-order valence-electron chi connectivity index (χ1n) is 14.1. The lowest BCUT2D eigenvalue weighted by Gasteiger charge is -2.30. The molecule has 1 saturated heterocycles. The van der Waals surface area contributed by atoms with Crippen LogP contribution >= 0.6 is 9.24 Å². The van der Waals surface area contributed by atoms with Crippen molar-refractivity contribution in [3.05, 3.63) is 113 Å².